The quantitative estimate of drug-likeness (QED) is 0.249. The molecule has 0 aliphatic carbocycles. The van der Waals surface area contributed by atoms with E-state index in [1.54, 1.807) is 36.6 Å². The first-order valence-corrected chi connectivity index (χ1v) is 12.8. The number of methoxy groups -OCH3 is 2. The van der Waals surface area contributed by atoms with E-state index in [1.807, 2.05) is 0 Å². The molecule has 0 unspecified atom stereocenters. The van der Waals surface area contributed by atoms with E-state index in [0.717, 1.165) is 0 Å². The molecule has 206 valence electrons. The van der Waals surface area contributed by atoms with Crippen LogP contribution in [0.4, 0.5) is 4.39 Å². The smallest absolute Gasteiger partial charge is 0.251 e. The minimum absolute atomic E-state index is 0.0867. The van der Waals surface area contributed by atoms with Crippen molar-refractivity contribution < 1.29 is 38.4 Å². The molecule has 3 N–H and O–H groups in total. The molecule has 39 heavy (non-hydrogen) atoms. The molecule has 0 radical (unpaired) electrons. The van der Waals surface area contributed by atoms with Gasteiger partial charge in [0.2, 0.25) is 0 Å². The highest BCUT2D eigenvalue weighted by Crippen LogP contribution is 2.38. The van der Waals surface area contributed by atoms with Gasteiger partial charge in [-0.2, -0.15) is 0 Å². The number of carbonyl (C=O) groups excluding carboxylic acids is 2. The molecule has 0 bridgehead atoms. The normalized spacial score (nSPS) is 10.4. The lowest BCUT2D eigenvalue weighted by Gasteiger charge is -2.12. The van der Waals surface area contributed by atoms with Crippen LogP contribution in [0.5, 0.6) is 17.2 Å². The van der Waals surface area contributed by atoms with Gasteiger partial charge < -0.3 is 29.7 Å². The standard InChI is InChI=1S/C26H23FN2O6S.C2H6O/c1-33-22-9-7-19(29-24(22)17-14-36-25-16(17)4-3-5-18(25)27)20(31)13-28-26(32)15-6-8-21(35-11-10-30)23(12-15)34-2;1-2-3/h3-9,12,14,30H,10-11,13H2,1-2H3,(H,28,32);3H,2H2,1H3. The number of aliphatic hydroxyl groups is 2. The molecule has 0 spiro atoms. The van der Waals surface area contributed by atoms with Gasteiger partial charge in [0, 0.05) is 28.5 Å². The van der Waals surface area contributed by atoms with Gasteiger partial charge in [0.1, 0.15) is 29.6 Å². The summed E-state index contributed by atoms with van der Waals surface area (Å²) in [6.07, 6.45) is 0. The van der Waals surface area contributed by atoms with Crippen LogP contribution in [0, 0.1) is 5.82 Å². The van der Waals surface area contributed by atoms with Gasteiger partial charge in [-0.1, -0.05) is 12.1 Å². The zero-order valence-electron chi connectivity index (χ0n) is 21.7. The van der Waals surface area contributed by atoms with Gasteiger partial charge in [-0.05, 0) is 43.3 Å². The average Bonchev–Trinajstić information content (AvgIpc) is 3.40. The number of aliphatic hydroxyl groups excluding tert-OH is 2. The van der Waals surface area contributed by atoms with Crippen LogP contribution in [0.15, 0.2) is 53.9 Å². The summed E-state index contributed by atoms with van der Waals surface area (Å²) in [5.41, 5.74) is 1.47. The number of carbonyl (C=O) groups is 2. The first-order chi connectivity index (χ1) is 18.9. The topological polar surface area (TPSA) is 127 Å². The van der Waals surface area contributed by atoms with Crippen LogP contribution in [0.25, 0.3) is 21.3 Å². The van der Waals surface area contributed by atoms with Crippen LogP contribution in [0.2, 0.25) is 0 Å². The first-order valence-electron chi connectivity index (χ1n) is 11.9. The lowest BCUT2D eigenvalue weighted by atomic mass is 10.1. The predicted octanol–water partition coefficient (Wildman–Crippen LogP) is 4.10. The van der Waals surface area contributed by atoms with Crippen molar-refractivity contribution in [1.29, 1.82) is 0 Å². The van der Waals surface area contributed by atoms with Crippen molar-refractivity contribution in [3.05, 3.63) is 71.0 Å². The molecule has 0 saturated carbocycles. The van der Waals surface area contributed by atoms with Crippen LogP contribution in [0.1, 0.15) is 27.8 Å². The van der Waals surface area contributed by atoms with Crippen LogP contribution in [-0.4, -0.2) is 67.5 Å². The lowest BCUT2D eigenvalue weighted by Crippen LogP contribution is -2.30. The van der Waals surface area contributed by atoms with Gasteiger partial charge in [-0.3, -0.25) is 9.59 Å². The summed E-state index contributed by atoms with van der Waals surface area (Å²) < 4.78 is 30.7. The Morgan fingerprint density at radius 3 is 2.44 bits per heavy atom. The van der Waals surface area contributed by atoms with Crippen molar-refractivity contribution in [1.82, 2.24) is 10.3 Å². The molecular formula is C28H29FN2O7S. The summed E-state index contributed by atoms with van der Waals surface area (Å²) in [6, 6.07) is 12.5. The van der Waals surface area contributed by atoms with Crippen LogP contribution in [0.3, 0.4) is 0 Å². The fraction of sp³-hybridized carbons (Fsp3) is 0.250. The van der Waals surface area contributed by atoms with E-state index < -0.39 is 11.7 Å². The summed E-state index contributed by atoms with van der Waals surface area (Å²) in [7, 11) is 2.93. The number of rotatable bonds is 10. The second-order valence-electron chi connectivity index (χ2n) is 7.87. The number of Topliss-reactive ketones (excluding diaryl/α,β-unsaturated/α-hetero) is 1. The Morgan fingerprint density at radius 2 is 1.74 bits per heavy atom. The maximum absolute atomic E-state index is 14.2. The van der Waals surface area contributed by atoms with Crippen molar-refractivity contribution in [3.8, 4) is 28.5 Å². The summed E-state index contributed by atoms with van der Waals surface area (Å²) in [5.74, 6) is -0.0769. The minimum Gasteiger partial charge on any atom is -0.494 e. The average molecular weight is 557 g/mol. The number of nitrogens with one attached hydrogen (secondary N) is 1. The third kappa shape index (κ3) is 7.08. The monoisotopic (exact) mass is 556 g/mol. The summed E-state index contributed by atoms with van der Waals surface area (Å²) in [4.78, 5) is 30.0. The molecule has 1 amide bonds. The van der Waals surface area contributed by atoms with Crippen LogP contribution < -0.4 is 19.5 Å². The molecule has 11 heteroatoms. The van der Waals surface area contributed by atoms with Crippen LogP contribution in [-0.2, 0) is 0 Å². The highest BCUT2D eigenvalue weighted by atomic mass is 32.1. The van der Waals surface area contributed by atoms with E-state index in [1.165, 1.54) is 49.8 Å². The Labute approximate surface area is 228 Å². The summed E-state index contributed by atoms with van der Waals surface area (Å²) in [6.45, 7) is 1.57. The lowest BCUT2D eigenvalue weighted by molar-refractivity contribution is 0.0902. The predicted molar refractivity (Wildman–Crippen MR) is 147 cm³/mol. The Hall–Kier alpha value is -4.06. The third-order valence-corrected chi connectivity index (χ3v) is 6.36. The van der Waals surface area contributed by atoms with Crippen molar-refractivity contribution in [2.24, 2.45) is 0 Å². The van der Waals surface area contributed by atoms with Gasteiger partial charge in [-0.25, -0.2) is 9.37 Å². The zero-order chi connectivity index (χ0) is 28.4. The number of nitrogens with zero attached hydrogens (tertiary/aromatic N) is 1. The molecule has 2 aromatic heterocycles. The highest BCUT2D eigenvalue weighted by molar-refractivity contribution is 7.17. The molecule has 2 aromatic carbocycles. The van der Waals surface area contributed by atoms with Crippen molar-refractivity contribution in [3.63, 3.8) is 0 Å². The van der Waals surface area contributed by atoms with E-state index in [9.17, 15) is 14.0 Å². The van der Waals surface area contributed by atoms with Gasteiger partial charge in [-0.15, -0.1) is 11.3 Å². The Kier molecular flexibility index (Phi) is 10.7. The third-order valence-electron chi connectivity index (χ3n) is 5.35. The van der Waals surface area contributed by atoms with Gasteiger partial charge in [0.25, 0.3) is 5.91 Å². The van der Waals surface area contributed by atoms with Crippen molar-refractivity contribution >= 4 is 33.1 Å². The van der Waals surface area contributed by atoms with E-state index >= 15 is 0 Å². The number of ether oxygens (including phenoxy) is 3. The maximum atomic E-state index is 14.2. The molecule has 9 nitrogen and oxygen atoms in total. The fourth-order valence-electron chi connectivity index (χ4n) is 3.60. The molecule has 0 aliphatic heterocycles. The van der Waals surface area contributed by atoms with Crippen molar-refractivity contribution in [2.45, 2.75) is 6.92 Å². The molecule has 0 atom stereocenters. The molecule has 2 heterocycles. The highest BCUT2D eigenvalue weighted by Gasteiger charge is 2.19. The number of thiophene rings is 1. The minimum atomic E-state index is -0.483. The second-order valence-corrected chi connectivity index (χ2v) is 8.75. The van der Waals surface area contributed by atoms with Crippen LogP contribution >= 0.6 is 11.3 Å². The van der Waals surface area contributed by atoms with Crippen molar-refractivity contribution in [2.75, 3.05) is 40.6 Å². The number of amides is 1. The number of aromatic nitrogens is 1. The molecule has 4 aromatic rings. The fourth-order valence-corrected chi connectivity index (χ4v) is 4.56. The molecule has 0 fully saturated rings. The number of benzene rings is 2. The van der Waals surface area contributed by atoms with Gasteiger partial charge >= 0.3 is 0 Å². The summed E-state index contributed by atoms with van der Waals surface area (Å²) in [5, 5.41) is 21.5. The SMILES string of the molecule is CCO.COc1cc(C(=O)NCC(=O)c2ccc(OC)c(-c3csc4c(F)cccc34)n2)ccc1OCCO. The number of pyridine rings is 1. The van der Waals surface area contributed by atoms with E-state index in [2.05, 4.69) is 10.3 Å². The zero-order valence-corrected chi connectivity index (χ0v) is 22.5. The van der Waals surface area contributed by atoms with Gasteiger partial charge in [0.05, 0.1) is 32.1 Å². The number of hydrogen-bond donors (Lipinski definition) is 3. The Balaban J connectivity index is 0.00000134. The number of halogens is 1. The second kappa shape index (κ2) is 14.2. The molecule has 0 saturated heterocycles. The number of fused-ring (bicyclic) bond motifs is 1. The van der Waals surface area contributed by atoms with E-state index in [-0.39, 0.29) is 43.4 Å². The first kappa shape index (κ1) is 29.5. The molecule has 0 aliphatic rings. The Morgan fingerprint density at radius 1 is 1.03 bits per heavy atom. The number of hydrogen-bond acceptors (Lipinski definition) is 9. The van der Waals surface area contributed by atoms with E-state index in [0.29, 0.717) is 38.6 Å². The van der Waals surface area contributed by atoms with Gasteiger partial charge in [0.15, 0.2) is 17.3 Å². The van der Waals surface area contributed by atoms with E-state index in [4.69, 9.17) is 24.4 Å². The largest absolute Gasteiger partial charge is 0.494 e. The number of ketones is 1. The molecular weight excluding hydrogens is 527 g/mol. The maximum Gasteiger partial charge on any atom is 0.251 e. The summed E-state index contributed by atoms with van der Waals surface area (Å²) >= 11 is 1.24. The molecule has 4 rings (SSSR count). The Bertz CT molecular complexity index is 1440.